The van der Waals surface area contributed by atoms with Crippen molar-refractivity contribution in [3.8, 4) is 0 Å². The molecule has 1 aromatic heterocycles. The summed E-state index contributed by atoms with van der Waals surface area (Å²) in [6, 6.07) is 3.51. The Kier molecular flexibility index (Phi) is 4.23. The first-order valence-corrected chi connectivity index (χ1v) is 7.08. The molecule has 1 aromatic rings. The van der Waals surface area contributed by atoms with Gasteiger partial charge in [-0.2, -0.15) is 0 Å². The molecule has 3 heteroatoms. The molecule has 0 spiro atoms. The summed E-state index contributed by atoms with van der Waals surface area (Å²) in [5, 5.41) is 0. The van der Waals surface area contributed by atoms with Crippen molar-refractivity contribution >= 4 is 5.97 Å². The van der Waals surface area contributed by atoms with Crippen LogP contribution in [0.4, 0.5) is 0 Å². The molecule has 1 saturated carbocycles. The van der Waals surface area contributed by atoms with Gasteiger partial charge in [0.1, 0.15) is 6.10 Å². The zero-order valence-corrected chi connectivity index (χ0v) is 12.1. The van der Waals surface area contributed by atoms with Crippen LogP contribution < -0.4 is 0 Å². The second-order valence-corrected chi connectivity index (χ2v) is 6.50. The highest BCUT2D eigenvalue weighted by molar-refractivity contribution is 5.89. The summed E-state index contributed by atoms with van der Waals surface area (Å²) in [5.41, 5.74) is 0.833. The Bertz CT molecular complexity index is 422. The normalized spacial score (nSPS) is 23.9. The fourth-order valence-corrected chi connectivity index (χ4v) is 2.74. The zero-order chi connectivity index (χ0) is 13.9. The third-order valence-electron chi connectivity index (χ3n) is 4.02. The maximum absolute atomic E-state index is 12.0. The minimum Gasteiger partial charge on any atom is -0.459 e. The molecule has 2 rings (SSSR count). The van der Waals surface area contributed by atoms with Gasteiger partial charge in [0.05, 0.1) is 5.56 Å². The fraction of sp³-hybridized carbons (Fsp3) is 0.625. The van der Waals surface area contributed by atoms with Gasteiger partial charge in [0.2, 0.25) is 0 Å². The average Bonchev–Trinajstić information content (AvgIpc) is 2.39. The fourth-order valence-electron chi connectivity index (χ4n) is 2.74. The number of hydrogen-bond acceptors (Lipinski definition) is 3. The number of esters is 1. The highest BCUT2D eigenvalue weighted by Gasteiger charge is 2.32. The second-order valence-electron chi connectivity index (χ2n) is 6.50. The van der Waals surface area contributed by atoms with Crippen LogP contribution in [0.3, 0.4) is 0 Å². The molecule has 1 aliphatic carbocycles. The first kappa shape index (κ1) is 14.0. The van der Waals surface area contributed by atoms with Gasteiger partial charge in [-0.1, -0.05) is 20.8 Å². The molecule has 0 amide bonds. The Hall–Kier alpha value is -1.38. The van der Waals surface area contributed by atoms with Crippen LogP contribution in [0.5, 0.6) is 0 Å². The zero-order valence-electron chi connectivity index (χ0n) is 12.1. The summed E-state index contributed by atoms with van der Waals surface area (Å²) in [5.74, 6) is 0.389. The number of hydrogen-bond donors (Lipinski definition) is 0. The van der Waals surface area contributed by atoms with Crippen molar-refractivity contribution in [3.63, 3.8) is 0 Å². The van der Waals surface area contributed by atoms with Gasteiger partial charge in [-0.15, -0.1) is 0 Å². The molecule has 0 aliphatic heterocycles. The van der Waals surface area contributed by atoms with E-state index in [1.165, 1.54) is 6.42 Å². The number of aromatic nitrogens is 1. The van der Waals surface area contributed by atoms with Crippen molar-refractivity contribution in [2.24, 2.45) is 11.3 Å². The van der Waals surface area contributed by atoms with E-state index in [1.54, 1.807) is 24.5 Å². The molecule has 0 saturated heterocycles. The minimum atomic E-state index is -0.243. The molecule has 104 valence electrons. The maximum Gasteiger partial charge on any atom is 0.339 e. The highest BCUT2D eigenvalue weighted by atomic mass is 16.5. The molecular formula is C16H23NO2. The summed E-state index contributed by atoms with van der Waals surface area (Å²) in [7, 11) is 0. The lowest BCUT2D eigenvalue weighted by Gasteiger charge is -2.37. The van der Waals surface area contributed by atoms with Gasteiger partial charge in [0, 0.05) is 12.4 Å². The van der Waals surface area contributed by atoms with Gasteiger partial charge < -0.3 is 4.74 Å². The quantitative estimate of drug-likeness (QED) is 0.759. The van der Waals surface area contributed by atoms with Crippen molar-refractivity contribution in [2.75, 3.05) is 0 Å². The van der Waals surface area contributed by atoms with Gasteiger partial charge in [-0.05, 0) is 49.1 Å². The van der Waals surface area contributed by atoms with E-state index in [0.29, 0.717) is 16.9 Å². The number of carbonyl (C=O) groups excluding carboxylic acids is 1. The van der Waals surface area contributed by atoms with Crippen molar-refractivity contribution in [2.45, 2.75) is 52.6 Å². The number of pyridine rings is 1. The van der Waals surface area contributed by atoms with Crippen LogP contribution >= 0.6 is 0 Å². The molecule has 19 heavy (non-hydrogen) atoms. The van der Waals surface area contributed by atoms with E-state index >= 15 is 0 Å². The molecule has 1 fully saturated rings. The minimum absolute atomic E-state index is 0.0608. The van der Waals surface area contributed by atoms with Crippen molar-refractivity contribution < 1.29 is 9.53 Å². The second kappa shape index (κ2) is 5.72. The monoisotopic (exact) mass is 261 g/mol. The molecule has 0 bridgehead atoms. The molecule has 2 unspecified atom stereocenters. The molecule has 3 nitrogen and oxygen atoms in total. The number of carbonyl (C=O) groups is 1. The molecule has 0 N–H and O–H groups in total. The van der Waals surface area contributed by atoms with E-state index in [9.17, 15) is 4.79 Å². The van der Waals surface area contributed by atoms with E-state index in [-0.39, 0.29) is 12.1 Å². The lowest BCUT2D eigenvalue weighted by Crippen LogP contribution is -2.32. The van der Waals surface area contributed by atoms with Crippen molar-refractivity contribution in [1.82, 2.24) is 4.98 Å². The molecular weight excluding hydrogens is 238 g/mol. The summed E-state index contributed by atoms with van der Waals surface area (Å²) >= 11 is 0. The van der Waals surface area contributed by atoms with Gasteiger partial charge in [-0.3, -0.25) is 4.98 Å². The van der Waals surface area contributed by atoms with Crippen LogP contribution in [0, 0.1) is 11.3 Å². The Labute approximate surface area is 115 Å². The molecule has 0 radical (unpaired) electrons. The Balaban J connectivity index is 1.94. The molecule has 1 heterocycles. The van der Waals surface area contributed by atoms with Crippen LogP contribution in [0.15, 0.2) is 24.5 Å². The van der Waals surface area contributed by atoms with Crippen LogP contribution in [-0.4, -0.2) is 17.1 Å². The van der Waals surface area contributed by atoms with Gasteiger partial charge in [0.25, 0.3) is 0 Å². The predicted molar refractivity (Wildman–Crippen MR) is 74.9 cm³/mol. The summed E-state index contributed by atoms with van der Waals surface area (Å²) in [6.07, 6.45) is 7.64. The first-order valence-electron chi connectivity index (χ1n) is 7.08. The number of ether oxygens (including phenoxy) is 1. The lowest BCUT2D eigenvalue weighted by atomic mass is 9.71. The van der Waals surface area contributed by atoms with E-state index in [1.807, 2.05) is 0 Å². The van der Waals surface area contributed by atoms with Crippen LogP contribution in [0.2, 0.25) is 0 Å². The van der Waals surface area contributed by atoms with Gasteiger partial charge in [0.15, 0.2) is 0 Å². The molecule has 0 aromatic carbocycles. The smallest absolute Gasteiger partial charge is 0.339 e. The van der Waals surface area contributed by atoms with Crippen molar-refractivity contribution in [1.29, 1.82) is 0 Å². The van der Waals surface area contributed by atoms with Crippen LogP contribution in [-0.2, 0) is 4.74 Å². The Morgan fingerprint density at radius 3 is 2.79 bits per heavy atom. The number of nitrogens with zero attached hydrogens (tertiary/aromatic N) is 1. The first-order chi connectivity index (χ1) is 8.97. The van der Waals surface area contributed by atoms with Gasteiger partial charge >= 0.3 is 5.97 Å². The predicted octanol–water partition coefficient (Wildman–Crippen LogP) is 3.84. The summed E-state index contributed by atoms with van der Waals surface area (Å²) < 4.78 is 5.62. The molecule has 1 aliphatic rings. The molecule has 2 atom stereocenters. The Morgan fingerprint density at radius 1 is 1.37 bits per heavy atom. The Morgan fingerprint density at radius 2 is 2.16 bits per heavy atom. The van der Waals surface area contributed by atoms with E-state index in [0.717, 1.165) is 19.3 Å². The number of rotatable bonds is 2. The van der Waals surface area contributed by atoms with Gasteiger partial charge in [-0.25, -0.2) is 4.79 Å². The lowest BCUT2D eigenvalue weighted by molar-refractivity contribution is 0.00295. The van der Waals surface area contributed by atoms with Crippen LogP contribution in [0.25, 0.3) is 0 Å². The van der Waals surface area contributed by atoms with E-state index in [4.69, 9.17) is 4.74 Å². The third kappa shape index (κ3) is 3.79. The van der Waals surface area contributed by atoms with E-state index in [2.05, 4.69) is 25.8 Å². The maximum atomic E-state index is 12.0. The van der Waals surface area contributed by atoms with E-state index < -0.39 is 0 Å². The van der Waals surface area contributed by atoms with Crippen molar-refractivity contribution in [3.05, 3.63) is 30.1 Å². The third-order valence-corrected chi connectivity index (χ3v) is 4.02. The SMILES string of the molecule is CC(C)(C)C1CCCC(OC(=O)c2cccnc2)C1. The highest BCUT2D eigenvalue weighted by Crippen LogP contribution is 2.38. The summed E-state index contributed by atoms with van der Waals surface area (Å²) in [4.78, 5) is 16.0. The van der Waals surface area contributed by atoms with Crippen LogP contribution in [0.1, 0.15) is 56.8 Å². The summed E-state index contributed by atoms with van der Waals surface area (Å²) in [6.45, 7) is 6.80. The largest absolute Gasteiger partial charge is 0.459 e. The topological polar surface area (TPSA) is 39.2 Å². The standard InChI is InChI=1S/C16H23NO2/c1-16(2,3)13-7-4-8-14(10-13)19-15(18)12-6-5-9-17-11-12/h5-6,9,11,13-14H,4,7-8,10H2,1-3H3. The average molecular weight is 261 g/mol.